The van der Waals surface area contributed by atoms with E-state index in [0.29, 0.717) is 13.0 Å². The fraction of sp³-hybridized carbons (Fsp3) is 0.600. The summed E-state index contributed by atoms with van der Waals surface area (Å²) in [5, 5.41) is 19.9. The Hall–Kier alpha value is -1.06. The van der Waals surface area contributed by atoms with Crippen LogP contribution in [0.1, 0.15) is 50.7 Å². The van der Waals surface area contributed by atoms with Gasteiger partial charge in [-0.2, -0.15) is 0 Å². The number of benzene rings is 1. The zero-order valence-electron chi connectivity index (χ0n) is 10.9. The van der Waals surface area contributed by atoms with Crippen molar-refractivity contribution in [3.05, 3.63) is 29.8 Å². The molecule has 0 amide bonds. The van der Waals surface area contributed by atoms with E-state index < -0.39 is 11.7 Å². The number of hydrogen-bond acceptors (Lipinski definition) is 3. The maximum atomic E-state index is 10.2. The lowest BCUT2D eigenvalue weighted by Crippen LogP contribution is -2.32. The van der Waals surface area contributed by atoms with E-state index in [2.05, 4.69) is 0 Å². The molecule has 3 heteroatoms. The highest BCUT2D eigenvalue weighted by atomic mass is 16.5. The second-order valence-electron chi connectivity index (χ2n) is 5.21. The average molecular weight is 250 g/mol. The largest absolute Gasteiger partial charge is 0.491 e. The van der Waals surface area contributed by atoms with E-state index in [4.69, 9.17) is 4.74 Å². The molecule has 1 aliphatic carbocycles. The summed E-state index contributed by atoms with van der Waals surface area (Å²) in [6, 6.07) is 7.46. The minimum atomic E-state index is -0.637. The van der Waals surface area contributed by atoms with Gasteiger partial charge < -0.3 is 14.9 Å². The molecule has 0 radical (unpaired) electrons. The Balaban J connectivity index is 1.90. The van der Waals surface area contributed by atoms with Crippen LogP contribution in [0.15, 0.2) is 24.3 Å². The first-order chi connectivity index (χ1) is 8.63. The molecule has 1 atom stereocenters. The standard InChI is InChI=1S/C15H22O3/c1-2-14(16)12-5-7-13(8-6-12)18-11-15(17)9-3-4-10-15/h5-8,14,16-17H,2-4,9-11H2,1H3/t14-/m0/s1. The number of rotatable bonds is 5. The predicted octanol–water partition coefficient (Wildman–Crippen LogP) is 2.81. The summed E-state index contributed by atoms with van der Waals surface area (Å²) in [4.78, 5) is 0. The van der Waals surface area contributed by atoms with Gasteiger partial charge in [0.25, 0.3) is 0 Å². The SMILES string of the molecule is CC[C@H](O)c1ccc(OCC2(O)CCCC2)cc1. The van der Waals surface area contributed by atoms with Gasteiger partial charge in [0.15, 0.2) is 0 Å². The molecule has 0 heterocycles. The Labute approximate surface area is 108 Å². The van der Waals surface area contributed by atoms with Gasteiger partial charge in [-0.15, -0.1) is 0 Å². The Morgan fingerprint density at radius 3 is 2.39 bits per heavy atom. The normalized spacial score (nSPS) is 19.7. The first-order valence-electron chi connectivity index (χ1n) is 6.76. The fourth-order valence-corrected chi connectivity index (χ4v) is 2.42. The summed E-state index contributed by atoms with van der Waals surface area (Å²) in [6.07, 6.45) is 4.14. The summed E-state index contributed by atoms with van der Waals surface area (Å²) < 4.78 is 5.63. The van der Waals surface area contributed by atoms with E-state index in [9.17, 15) is 10.2 Å². The Kier molecular flexibility index (Phi) is 4.25. The number of aliphatic hydroxyl groups excluding tert-OH is 1. The van der Waals surface area contributed by atoms with E-state index in [0.717, 1.165) is 37.0 Å². The third kappa shape index (κ3) is 3.24. The molecule has 2 N–H and O–H groups in total. The highest BCUT2D eigenvalue weighted by Crippen LogP contribution is 2.30. The van der Waals surface area contributed by atoms with E-state index >= 15 is 0 Å². The van der Waals surface area contributed by atoms with Gasteiger partial charge >= 0.3 is 0 Å². The summed E-state index contributed by atoms with van der Waals surface area (Å²) in [6.45, 7) is 2.31. The lowest BCUT2D eigenvalue weighted by atomic mass is 10.0. The van der Waals surface area contributed by atoms with Crippen molar-refractivity contribution in [2.24, 2.45) is 0 Å². The molecule has 1 saturated carbocycles. The van der Waals surface area contributed by atoms with Crippen LogP contribution in [0.25, 0.3) is 0 Å². The first-order valence-corrected chi connectivity index (χ1v) is 6.76. The summed E-state index contributed by atoms with van der Waals surface area (Å²) >= 11 is 0. The predicted molar refractivity (Wildman–Crippen MR) is 70.6 cm³/mol. The Morgan fingerprint density at radius 2 is 1.83 bits per heavy atom. The third-order valence-electron chi connectivity index (χ3n) is 3.69. The zero-order valence-corrected chi connectivity index (χ0v) is 10.9. The number of hydrogen-bond donors (Lipinski definition) is 2. The highest BCUT2D eigenvalue weighted by Gasteiger charge is 2.31. The molecule has 0 aliphatic heterocycles. The van der Waals surface area contributed by atoms with Crippen LogP contribution in [-0.4, -0.2) is 22.4 Å². The van der Waals surface area contributed by atoms with Gasteiger partial charge in [-0.1, -0.05) is 31.9 Å². The molecule has 2 rings (SSSR count). The topological polar surface area (TPSA) is 49.7 Å². The lowest BCUT2D eigenvalue weighted by Gasteiger charge is -2.22. The molecule has 3 nitrogen and oxygen atoms in total. The molecule has 0 unspecified atom stereocenters. The average Bonchev–Trinajstić information content (AvgIpc) is 2.83. The van der Waals surface area contributed by atoms with Gasteiger partial charge in [0.1, 0.15) is 12.4 Å². The molecule has 18 heavy (non-hydrogen) atoms. The molecule has 1 fully saturated rings. The van der Waals surface area contributed by atoms with Crippen molar-refractivity contribution in [2.45, 2.75) is 50.7 Å². The van der Waals surface area contributed by atoms with Crippen LogP contribution in [0.2, 0.25) is 0 Å². The van der Waals surface area contributed by atoms with Gasteiger partial charge in [0.2, 0.25) is 0 Å². The van der Waals surface area contributed by atoms with E-state index in [1.54, 1.807) is 0 Å². The van der Waals surface area contributed by atoms with Crippen molar-refractivity contribution in [2.75, 3.05) is 6.61 Å². The minimum absolute atomic E-state index is 0.364. The van der Waals surface area contributed by atoms with Crippen LogP contribution in [0.5, 0.6) is 5.75 Å². The van der Waals surface area contributed by atoms with Crippen LogP contribution in [0.4, 0.5) is 0 Å². The molecule has 0 spiro atoms. The van der Waals surface area contributed by atoms with Gasteiger partial charge in [-0.3, -0.25) is 0 Å². The van der Waals surface area contributed by atoms with Crippen molar-refractivity contribution in [1.82, 2.24) is 0 Å². The molecule has 0 saturated heterocycles. The minimum Gasteiger partial charge on any atom is -0.491 e. The maximum absolute atomic E-state index is 10.2. The van der Waals surface area contributed by atoms with Gasteiger partial charge in [-0.25, -0.2) is 0 Å². The third-order valence-corrected chi connectivity index (χ3v) is 3.69. The van der Waals surface area contributed by atoms with Gasteiger partial charge in [-0.05, 0) is 37.0 Å². The summed E-state index contributed by atoms with van der Waals surface area (Å²) in [5.74, 6) is 0.752. The highest BCUT2D eigenvalue weighted by molar-refractivity contribution is 5.28. The van der Waals surface area contributed by atoms with E-state index in [1.165, 1.54) is 0 Å². The van der Waals surface area contributed by atoms with Crippen molar-refractivity contribution in [1.29, 1.82) is 0 Å². The number of aliphatic hydroxyl groups is 2. The quantitative estimate of drug-likeness (QED) is 0.845. The van der Waals surface area contributed by atoms with Crippen LogP contribution in [0, 0.1) is 0 Å². The molecule has 1 aromatic rings. The molecule has 0 bridgehead atoms. The van der Waals surface area contributed by atoms with Crippen molar-refractivity contribution >= 4 is 0 Å². The zero-order chi connectivity index (χ0) is 13.0. The Bertz CT molecular complexity index is 366. The van der Waals surface area contributed by atoms with Crippen molar-refractivity contribution in [3.63, 3.8) is 0 Å². The monoisotopic (exact) mass is 250 g/mol. The van der Waals surface area contributed by atoms with Gasteiger partial charge in [0.05, 0.1) is 11.7 Å². The number of ether oxygens (including phenoxy) is 1. The Morgan fingerprint density at radius 1 is 1.22 bits per heavy atom. The maximum Gasteiger partial charge on any atom is 0.119 e. The van der Waals surface area contributed by atoms with Crippen LogP contribution in [-0.2, 0) is 0 Å². The fourth-order valence-electron chi connectivity index (χ4n) is 2.42. The smallest absolute Gasteiger partial charge is 0.119 e. The van der Waals surface area contributed by atoms with E-state index in [-0.39, 0.29) is 0 Å². The van der Waals surface area contributed by atoms with Crippen molar-refractivity contribution < 1.29 is 14.9 Å². The lowest BCUT2D eigenvalue weighted by molar-refractivity contribution is 0.00139. The molecule has 0 aromatic heterocycles. The van der Waals surface area contributed by atoms with Crippen LogP contribution >= 0.6 is 0 Å². The van der Waals surface area contributed by atoms with Gasteiger partial charge in [0, 0.05) is 0 Å². The van der Waals surface area contributed by atoms with Crippen molar-refractivity contribution in [3.8, 4) is 5.75 Å². The van der Waals surface area contributed by atoms with E-state index in [1.807, 2.05) is 31.2 Å². The second-order valence-corrected chi connectivity index (χ2v) is 5.21. The molecular formula is C15H22O3. The summed E-state index contributed by atoms with van der Waals surface area (Å²) in [7, 11) is 0. The van der Waals surface area contributed by atoms with Crippen LogP contribution < -0.4 is 4.74 Å². The summed E-state index contributed by atoms with van der Waals surface area (Å²) in [5.41, 5.74) is 0.270. The second kappa shape index (κ2) is 5.72. The first kappa shape index (κ1) is 13.4. The molecule has 1 aromatic carbocycles. The molecule has 1 aliphatic rings. The molecular weight excluding hydrogens is 228 g/mol. The molecule has 100 valence electrons. The van der Waals surface area contributed by atoms with Crippen LogP contribution in [0.3, 0.4) is 0 Å².